The summed E-state index contributed by atoms with van der Waals surface area (Å²) in [4.78, 5) is 25.7. The molecule has 0 aromatic heterocycles. The van der Waals surface area contributed by atoms with Gasteiger partial charge in [0.15, 0.2) is 6.61 Å². The van der Waals surface area contributed by atoms with E-state index < -0.39 is 28.2 Å². The minimum Gasteiger partial charge on any atom is -0.484 e. The maximum atomic E-state index is 13.1. The number of piperazine rings is 1. The zero-order valence-corrected chi connectivity index (χ0v) is 15.6. The molecule has 0 aliphatic carbocycles. The molecule has 1 heterocycles. The molecule has 3 rings (SSSR count). The number of halogens is 4. The Kier molecular flexibility index (Phi) is 6.09. The van der Waals surface area contributed by atoms with Crippen LogP contribution in [0.15, 0.2) is 42.5 Å². The minimum absolute atomic E-state index is 0.0658. The number of amides is 1. The number of nitro benzene ring substituents is 1. The zero-order valence-electron chi connectivity index (χ0n) is 15.6. The Balaban J connectivity index is 1.62. The van der Waals surface area contributed by atoms with Gasteiger partial charge in [-0.3, -0.25) is 14.9 Å². The number of nitro groups is 1. The number of carbonyl (C=O) groups excluding carboxylic acids is 1. The average Bonchev–Trinajstić information content (AvgIpc) is 2.71. The van der Waals surface area contributed by atoms with Crippen LogP contribution in [0, 0.1) is 15.9 Å². The fraction of sp³-hybridized carbons (Fsp3) is 0.316. The van der Waals surface area contributed by atoms with Gasteiger partial charge in [0.05, 0.1) is 10.5 Å². The van der Waals surface area contributed by atoms with Crippen LogP contribution in [0.5, 0.6) is 5.75 Å². The van der Waals surface area contributed by atoms with E-state index in [0.29, 0.717) is 6.07 Å². The van der Waals surface area contributed by atoms with Crippen LogP contribution in [0.1, 0.15) is 5.56 Å². The summed E-state index contributed by atoms with van der Waals surface area (Å²) in [5.41, 5.74) is -1.67. The molecule has 1 aliphatic heterocycles. The Labute approximate surface area is 168 Å². The molecule has 0 spiro atoms. The molecule has 11 heteroatoms. The number of nitrogens with zero attached hydrogens (tertiary/aromatic N) is 3. The van der Waals surface area contributed by atoms with Crippen molar-refractivity contribution in [3.8, 4) is 5.75 Å². The minimum atomic E-state index is -4.68. The van der Waals surface area contributed by atoms with Gasteiger partial charge in [-0.05, 0) is 24.3 Å². The fourth-order valence-corrected chi connectivity index (χ4v) is 3.10. The second-order valence-electron chi connectivity index (χ2n) is 6.57. The van der Waals surface area contributed by atoms with Crippen molar-refractivity contribution in [1.29, 1.82) is 0 Å². The normalized spacial score (nSPS) is 14.5. The third-order valence-corrected chi connectivity index (χ3v) is 4.63. The van der Waals surface area contributed by atoms with Crippen molar-refractivity contribution in [2.45, 2.75) is 6.18 Å². The molecular formula is C19H17F4N3O4. The number of alkyl halides is 3. The number of hydrogen-bond donors (Lipinski definition) is 0. The fourth-order valence-electron chi connectivity index (χ4n) is 3.10. The van der Waals surface area contributed by atoms with Crippen LogP contribution in [0.2, 0.25) is 0 Å². The Morgan fingerprint density at radius 3 is 2.40 bits per heavy atom. The summed E-state index contributed by atoms with van der Waals surface area (Å²) < 4.78 is 57.0. The molecule has 160 valence electrons. The van der Waals surface area contributed by atoms with E-state index in [1.165, 1.54) is 23.1 Å². The van der Waals surface area contributed by atoms with Gasteiger partial charge in [-0.1, -0.05) is 6.07 Å². The molecule has 7 nitrogen and oxygen atoms in total. The van der Waals surface area contributed by atoms with Gasteiger partial charge in [-0.25, -0.2) is 4.39 Å². The van der Waals surface area contributed by atoms with Crippen molar-refractivity contribution in [2.24, 2.45) is 0 Å². The summed E-state index contributed by atoms with van der Waals surface area (Å²) in [6.07, 6.45) is -4.68. The molecule has 0 N–H and O–H groups in total. The first-order valence-electron chi connectivity index (χ1n) is 8.92. The first-order chi connectivity index (χ1) is 14.1. The number of ether oxygens (including phenoxy) is 1. The van der Waals surface area contributed by atoms with Gasteiger partial charge in [-0.15, -0.1) is 0 Å². The van der Waals surface area contributed by atoms with Gasteiger partial charge in [0.25, 0.3) is 11.6 Å². The molecular weight excluding hydrogens is 410 g/mol. The van der Waals surface area contributed by atoms with E-state index in [1.807, 2.05) is 0 Å². The van der Waals surface area contributed by atoms with Crippen LogP contribution in [0.25, 0.3) is 0 Å². The highest BCUT2D eigenvalue weighted by Crippen LogP contribution is 2.36. The lowest BCUT2D eigenvalue weighted by atomic mass is 10.1. The van der Waals surface area contributed by atoms with Crippen LogP contribution < -0.4 is 9.64 Å². The lowest BCUT2D eigenvalue weighted by Gasteiger charge is -2.35. The molecule has 2 aromatic carbocycles. The zero-order chi connectivity index (χ0) is 21.9. The lowest BCUT2D eigenvalue weighted by molar-refractivity contribution is -0.384. The molecule has 30 heavy (non-hydrogen) atoms. The lowest BCUT2D eigenvalue weighted by Crippen LogP contribution is -2.50. The van der Waals surface area contributed by atoms with Crippen molar-refractivity contribution in [3.63, 3.8) is 0 Å². The summed E-state index contributed by atoms with van der Waals surface area (Å²) in [6, 6.07) is 7.74. The van der Waals surface area contributed by atoms with E-state index in [4.69, 9.17) is 4.74 Å². The van der Waals surface area contributed by atoms with Gasteiger partial charge < -0.3 is 14.5 Å². The standard InChI is InChI=1S/C19H17F4N3O4/c20-14-2-1-3-15(11-14)30-12-18(27)25-8-6-24(7-9-25)16-5-4-13(19(21,22)23)10-17(16)26(28)29/h1-5,10-11H,6-9,12H2. The second-order valence-corrected chi connectivity index (χ2v) is 6.57. The number of hydrogen-bond acceptors (Lipinski definition) is 5. The smallest absolute Gasteiger partial charge is 0.416 e. The molecule has 0 bridgehead atoms. The SMILES string of the molecule is O=C(COc1cccc(F)c1)N1CCN(c2ccc(C(F)(F)F)cc2[N+](=O)[O-])CC1. The quantitative estimate of drug-likeness (QED) is 0.415. The van der Waals surface area contributed by atoms with Gasteiger partial charge >= 0.3 is 6.18 Å². The van der Waals surface area contributed by atoms with E-state index in [-0.39, 0.29) is 50.1 Å². The van der Waals surface area contributed by atoms with Crippen LogP contribution in [-0.4, -0.2) is 48.5 Å². The van der Waals surface area contributed by atoms with E-state index >= 15 is 0 Å². The molecule has 1 saturated heterocycles. The monoisotopic (exact) mass is 427 g/mol. The predicted molar refractivity (Wildman–Crippen MR) is 98.8 cm³/mol. The first kappa shape index (κ1) is 21.3. The van der Waals surface area contributed by atoms with E-state index in [9.17, 15) is 32.5 Å². The highest BCUT2D eigenvalue weighted by atomic mass is 19.4. The third kappa shape index (κ3) is 4.97. The third-order valence-electron chi connectivity index (χ3n) is 4.63. The highest BCUT2D eigenvalue weighted by molar-refractivity contribution is 5.78. The molecule has 2 aromatic rings. The highest BCUT2D eigenvalue weighted by Gasteiger charge is 2.34. The predicted octanol–water partition coefficient (Wildman–Crippen LogP) is 3.48. The summed E-state index contributed by atoms with van der Waals surface area (Å²) in [7, 11) is 0. The Morgan fingerprint density at radius 1 is 1.10 bits per heavy atom. The van der Waals surface area contributed by atoms with Gasteiger partial charge in [0.2, 0.25) is 0 Å². The Hall–Kier alpha value is -3.37. The molecule has 1 amide bonds. The van der Waals surface area contributed by atoms with Crippen molar-refractivity contribution >= 4 is 17.3 Å². The van der Waals surface area contributed by atoms with Crippen LogP contribution in [-0.2, 0) is 11.0 Å². The number of anilines is 1. The number of carbonyl (C=O) groups is 1. The van der Waals surface area contributed by atoms with Crippen molar-refractivity contribution in [1.82, 2.24) is 4.90 Å². The van der Waals surface area contributed by atoms with E-state index in [1.54, 1.807) is 4.90 Å². The first-order valence-corrected chi connectivity index (χ1v) is 8.92. The van der Waals surface area contributed by atoms with Gasteiger partial charge in [0, 0.05) is 38.3 Å². The molecule has 1 aliphatic rings. The number of benzene rings is 2. The van der Waals surface area contributed by atoms with E-state index in [0.717, 1.165) is 18.2 Å². The summed E-state index contributed by atoms with van der Waals surface area (Å²) in [5, 5.41) is 11.3. The van der Waals surface area contributed by atoms with Crippen molar-refractivity contribution in [3.05, 3.63) is 64.0 Å². The number of rotatable bonds is 5. The largest absolute Gasteiger partial charge is 0.484 e. The second kappa shape index (κ2) is 8.56. The maximum Gasteiger partial charge on any atom is 0.416 e. The molecule has 1 fully saturated rings. The summed E-state index contributed by atoms with van der Waals surface area (Å²) in [5.74, 6) is -0.630. The Bertz CT molecular complexity index is 944. The molecule has 0 atom stereocenters. The van der Waals surface area contributed by atoms with E-state index in [2.05, 4.69) is 0 Å². The van der Waals surface area contributed by atoms with Gasteiger partial charge in [0.1, 0.15) is 17.3 Å². The van der Waals surface area contributed by atoms with Gasteiger partial charge in [-0.2, -0.15) is 13.2 Å². The average molecular weight is 427 g/mol. The van der Waals surface area contributed by atoms with Crippen LogP contribution >= 0.6 is 0 Å². The maximum absolute atomic E-state index is 13.1. The summed E-state index contributed by atoms with van der Waals surface area (Å²) in [6.45, 7) is 0.534. The van der Waals surface area contributed by atoms with Crippen molar-refractivity contribution in [2.75, 3.05) is 37.7 Å². The molecule has 0 radical (unpaired) electrons. The van der Waals surface area contributed by atoms with Crippen LogP contribution in [0.4, 0.5) is 28.9 Å². The van der Waals surface area contributed by atoms with Crippen molar-refractivity contribution < 1.29 is 32.0 Å². The topological polar surface area (TPSA) is 75.9 Å². The molecule has 0 unspecified atom stereocenters. The van der Waals surface area contributed by atoms with Crippen LogP contribution in [0.3, 0.4) is 0 Å². The Morgan fingerprint density at radius 2 is 1.80 bits per heavy atom. The molecule has 0 saturated carbocycles. The summed E-state index contributed by atoms with van der Waals surface area (Å²) >= 11 is 0.